The fourth-order valence-corrected chi connectivity index (χ4v) is 1.43. The quantitative estimate of drug-likeness (QED) is 0.537. The van der Waals surface area contributed by atoms with E-state index >= 15 is 0 Å². The van der Waals surface area contributed by atoms with E-state index in [4.69, 9.17) is 20.3 Å². The van der Waals surface area contributed by atoms with Crippen molar-refractivity contribution in [2.45, 2.75) is 18.8 Å². The molecule has 20 heavy (non-hydrogen) atoms. The number of rotatable bonds is 8. The van der Waals surface area contributed by atoms with Crippen molar-refractivity contribution in [2.24, 2.45) is 5.73 Å². The third-order valence-electron chi connectivity index (χ3n) is 2.46. The summed E-state index contributed by atoms with van der Waals surface area (Å²) in [5.41, 5.74) is 6.24. The number of carbonyl (C=O) groups is 2. The van der Waals surface area contributed by atoms with Gasteiger partial charge in [-0.05, 0) is 5.56 Å². The number of carbonyl (C=O) groups excluding carboxylic acids is 1. The second-order valence-electron chi connectivity index (χ2n) is 4.00. The molecule has 0 fully saturated rings. The first-order chi connectivity index (χ1) is 9.56. The molecular formula is C14H17NO5. The number of esters is 1. The number of benzene rings is 1. The molecule has 1 aromatic rings. The smallest absolute Gasteiger partial charge is 0.337 e. The van der Waals surface area contributed by atoms with E-state index in [9.17, 15) is 9.59 Å². The molecule has 2 atom stereocenters. The van der Waals surface area contributed by atoms with Crippen LogP contribution in [0.5, 0.6) is 0 Å². The van der Waals surface area contributed by atoms with Gasteiger partial charge in [0.05, 0.1) is 6.61 Å². The van der Waals surface area contributed by atoms with E-state index in [0.29, 0.717) is 0 Å². The number of ether oxygens (including phenoxy) is 2. The second kappa shape index (κ2) is 8.08. The van der Waals surface area contributed by atoms with Crippen LogP contribution in [0.25, 0.3) is 0 Å². The second-order valence-corrected chi connectivity index (χ2v) is 4.00. The van der Waals surface area contributed by atoms with Crippen LogP contribution in [-0.2, 0) is 25.7 Å². The highest BCUT2D eigenvalue weighted by Crippen LogP contribution is 2.08. The fourth-order valence-electron chi connectivity index (χ4n) is 1.43. The largest absolute Gasteiger partial charge is 0.480 e. The van der Waals surface area contributed by atoms with Crippen LogP contribution in [0.3, 0.4) is 0 Å². The lowest BCUT2D eigenvalue weighted by Crippen LogP contribution is -2.48. The molecule has 0 aromatic heterocycles. The van der Waals surface area contributed by atoms with Crippen molar-refractivity contribution in [3.8, 4) is 0 Å². The van der Waals surface area contributed by atoms with Crippen molar-refractivity contribution in [1.29, 1.82) is 0 Å². The Morgan fingerprint density at radius 1 is 1.35 bits per heavy atom. The predicted molar refractivity (Wildman–Crippen MR) is 71.8 cm³/mol. The fraction of sp³-hybridized carbons (Fsp3) is 0.286. The Labute approximate surface area is 116 Å². The van der Waals surface area contributed by atoms with Crippen LogP contribution in [0, 0.1) is 0 Å². The zero-order valence-electron chi connectivity index (χ0n) is 10.9. The van der Waals surface area contributed by atoms with Gasteiger partial charge in [0.2, 0.25) is 0 Å². The average molecular weight is 279 g/mol. The van der Waals surface area contributed by atoms with Gasteiger partial charge in [0, 0.05) is 0 Å². The van der Waals surface area contributed by atoms with Gasteiger partial charge in [0.15, 0.2) is 6.10 Å². The van der Waals surface area contributed by atoms with E-state index in [1.165, 1.54) is 6.08 Å². The molecule has 0 aliphatic carbocycles. The van der Waals surface area contributed by atoms with Crippen LogP contribution in [0.1, 0.15) is 5.56 Å². The molecule has 0 amide bonds. The number of carboxylic acid groups (broad SMARTS) is 1. The Morgan fingerprint density at radius 2 is 2.00 bits per heavy atom. The van der Waals surface area contributed by atoms with Crippen molar-refractivity contribution in [3.05, 3.63) is 48.6 Å². The van der Waals surface area contributed by atoms with Gasteiger partial charge in [-0.3, -0.25) is 4.79 Å². The molecule has 0 aliphatic heterocycles. The van der Waals surface area contributed by atoms with Gasteiger partial charge in [0.25, 0.3) is 0 Å². The van der Waals surface area contributed by atoms with Crippen LogP contribution in [0.2, 0.25) is 0 Å². The van der Waals surface area contributed by atoms with E-state index in [1.807, 2.05) is 6.07 Å². The molecule has 1 unspecified atom stereocenters. The van der Waals surface area contributed by atoms with Gasteiger partial charge in [-0.15, -0.1) is 0 Å². The van der Waals surface area contributed by atoms with E-state index in [2.05, 4.69) is 6.58 Å². The number of nitrogens with two attached hydrogens (primary N) is 1. The molecule has 1 aromatic carbocycles. The minimum atomic E-state index is -1.49. The van der Waals surface area contributed by atoms with Crippen molar-refractivity contribution in [3.63, 3.8) is 0 Å². The summed E-state index contributed by atoms with van der Waals surface area (Å²) < 4.78 is 10.1. The van der Waals surface area contributed by atoms with Crippen LogP contribution in [0.4, 0.5) is 0 Å². The van der Waals surface area contributed by atoms with E-state index in [1.54, 1.807) is 24.3 Å². The summed E-state index contributed by atoms with van der Waals surface area (Å²) in [5.74, 6) is -2.16. The molecule has 0 saturated carbocycles. The Hall–Kier alpha value is -2.18. The summed E-state index contributed by atoms with van der Waals surface area (Å²) in [5, 5.41) is 8.89. The number of hydrogen-bond donors (Lipinski definition) is 2. The highest BCUT2D eigenvalue weighted by atomic mass is 16.6. The topological polar surface area (TPSA) is 98.9 Å². The first-order valence-corrected chi connectivity index (χ1v) is 5.97. The lowest BCUT2D eigenvalue weighted by atomic mass is 10.1. The van der Waals surface area contributed by atoms with Crippen molar-refractivity contribution >= 4 is 11.9 Å². The Bertz CT molecular complexity index is 460. The van der Waals surface area contributed by atoms with Gasteiger partial charge in [-0.25, -0.2) is 4.79 Å². The van der Waals surface area contributed by atoms with Crippen molar-refractivity contribution < 1.29 is 24.2 Å². The number of hydrogen-bond acceptors (Lipinski definition) is 5. The van der Waals surface area contributed by atoms with Crippen LogP contribution in [0.15, 0.2) is 43.0 Å². The summed E-state index contributed by atoms with van der Waals surface area (Å²) in [4.78, 5) is 22.6. The predicted octanol–water partition coefficient (Wildman–Crippen LogP) is 0.713. The molecule has 0 saturated heterocycles. The highest BCUT2D eigenvalue weighted by Gasteiger charge is 2.33. The van der Waals surface area contributed by atoms with Crippen LogP contribution in [-0.4, -0.2) is 35.8 Å². The maximum Gasteiger partial charge on any atom is 0.337 e. The number of carboxylic acids is 1. The molecule has 6 nitrogen and oxygen atoms in total. The molecule has 0 heterocycles. The highest BCUT2D eigenvalue weighted by molar-refractivity contribution is 5.85. The maximum atomic E-state index is 11.7. The monoisotopic (exact) mass is 279 g/mol. The molecule has 1 rings (SSSR count). The van der Waals surface area contributed by atoms with Gasteiger partial charge >= 0.3 is 11.9 Å². The minimum absolute atomic E-state index is 0.0314. The van der Waals surface area contributed by atoms with Gasteiger partial charge in [0.1, 0.15) is 12.6 Å². The van der Waals surface area contributed by atoms with Crippen molar-refractivity contribution in [1.82, 2.24) is 0 Å². The van der Waals surface area contributed by atoms with Gasteiger partial charge in [-0.2, -0.15) is 0 Å². The van der Waals surface area contributed by atoms with Crippen molar-refractivity contribution in [2.75, 3.05) is 6.61 Å². The standard InChI is InChI=1S/C14H17NO5/c1-2-8-19-14(18)12(11(15)13(16)17)20-9-10-6-4-3-5-7-10/h2-7,11-12H,1,8-9,15H2,(H,16,17)/t11-,12?/m0/s1. The summed E-state index contributed by atoms with van der Waals surface area (Å²) in [6.07, 6.45) is 0.00555. The average Bonchev–Trinajstić information content (AvgIpc) is 2.46. The molecular weight excluding hydrogens is 262 g/mol. The molecule has 0 spiro atoms. The normalized spacial score (nSPS) is 13.2. The molecule has 3 N–H and O–H groups in total. The third-order valence-corrected chi connectivity index (χ3v) is 2.46. The maximum absolute atomic E-state index is 11.7. The first-order valence-electron chi connectivity index (χ1n) is 5.97. The SMILES string of the molecule is C=CCOC(=O)C(OCc1ccccc1)[C@H](N)C(=O)O. The molecule has 0 aliphatic rings. The summed E-state index contributed by atoms with van der Waals surface area (Å²) in [7, 11) is 0. The number of aliphatic carboxylic acids is 1. The van der Waals surface area contributed by atoms with E-state index in [-0.39, 0.29) is 13.2 Å². The lowest BCUT2D eigenvalue weighted by Gasteiger charge is -2.19. The summed E-state index contributed by atoms with van der Waals surface area (Å²) in [6, 6.07) is 7.54. The molecule has 0 radical (unpaired) electrons. The molecule has 108 valence electrons. The van der Waals surface area contributed by atoms with E-state index < -0.39 is 24.1 Å². The molecule has 0 bridgehead atoms. The summed E-state index contributed by atoms with van der Waals surface area (Å²) in [6.45, 7) is 3.43. The zero-order valence-corrected chi connectivity index (χ0v) is 10.9. The third kappa shape index (κ3) is 4.83. The minimum Gasteiger partial charge on any atom is -0.480 e. The van der Waals surface area contributed by atoms with E-state index in [0.717, 1.165) is 5.56 Å². The Morgan fingerprint density at radius 3 is 2.55 bits per heavy atom. The zero-order chi connectivity index (χ0) is 15.0. The van der Waals surface area contributed by atoms with Gasteiger partial charge in [-0.1, -0.05) is 43.0 Å². The Balaban J connectivity index is 2.69. The lowest BCUT2D eigenvalue weighted by molar-refractivity contribution is -0.164. The molecule has 6 heteroatoms. The van der Waals surface area contributed by atoms with Crippen LogP contribution >= 0.6 is 0 Å². The first kappa shape index (κ1) is 15.9. The van der Waals surface area contributed by atoms with Crippen LogP contribution < -0.4 is 5.73 Å². The summed E-state index contributed by atoms with van der Waals surface area (Å²) >= 11 is 0. The Kier molecular flexibility index (Phi) is 6.42. The van der Waals surface area contributed by atoms with Gasteiger partial charge < -0.3 is 20.3 Å².